The molecule has 0 bridgehead atoms. The van der Waals surface area contributed by atoms with Crippen LogP contribution >= 0.6 is 0 Å². The van der Waals surface area contributed by atoms with Crippen LogP contribution in [-0.2, 0) is 11.3 Å². The van der Waals surface area contributed by atoms with E-state index in [1.165, 1.54) is 5.56 Å². The Bertz CT molecular complexity index is 1130. The summed E-state index contributed by atoms with van der Waals surface area (Å²) >= 11 is 0. The number of carbonyl (C=O) groups is 1. The first kappa shape index (κ1) is 20.7. The van der Waals surface area contributed by atoms with Crippen molar-refractivity contribution in [1.82, 2.24) is 30.4 Å². The largest absolute Gasteiger partial charge is 0.415 e. The minimum absolute atomic E-state index is 0.0421. The van der Waals surface area contributed by atoms with E-state index in [0.717, 1.165) is 37.2 Å². The van der Waals surface area contributed by atoms with E-state index in [9.17, 15) is 4.79 Å². The van der Waals surface area contributed by atoms with Gasteiger partial charge in [-0.2, -0.15) is 0 Å². The zero-order valence-electron chi connectivity index (χ0n) is 18.3. The molecule has 3 N–H and O–H groups in total. The zero-order chi connectivity index (χ0) is 22.2. The van der Waals surface area contributed by atoms with Gasteiger partial charge in [-0.25, -0.2) is 4.98 Å². The Kier molecular flexibility index (Phi) is 5.44. The number of benzene rings is 1. The van der Waals surface area contributed by atoms with E-state index in [-0.39, 0.29) is 23.8 Å². The summed E-state index contributed by atoms with van der Waals surface area (Å²) in [5, 5.41) is 11.5. The predicted molar refractivity (Wildman–Crippen MR) is 118 cm³/mol. The van der Waals surface area contributed by atoms with Gasteiger partial charge >= 0.3 is 0 Å². The third kappa shape index (κ3) is 4.01. The predicted octanol–water partition coefficient (Wildman–Crippen LogP) is 1.88. The molecule has 3 atom stereocenters. The second-order valence-corrected chi connectivity index (χ2v) is 8.65. The molecule has 1 aliphatic carbocycles. The van der Waals surface area contributed by atoms with Gasteiger partial charge in [-0.1, -0.05) is 12.1 Å². The van der Waals surface area contributed by atoms with E-state index in [4.69, 9.17) is 15.1 Å². The third-order valence-electron chi connectivity index (χ3n) is 6.21. The molecule has 32 heavy (non-hydrogen) atoms. The highest BCUT2D eigenvalue weighted by atomic mass is 16.4. The van der Waals surface area contributed by atoms with Gasteiger partial charge in [0.15, 0.2) is 0 Å². The van der Waals surface area contributed by atoms with E-state index in [2.05, 4.69) is 20.5 Å². The summed E-state index contributed by atoms with van der Waals surface area (Å²) in [6.45, 7) is 4.05. The molecule has 1 amide bonds. The molecule has 0 radical (unpaired) electrons. The number of nitrogens with one attached hydrogen (secondary N) is 1. The lowest BCUT2D eigenvalue weighted by Gasteiger charge is -2.15. The molecule has 5 rings (SSSR count). The van der Waals surface area contributed by atoms with Gasteiger partial charge < -0.3 is 20.4 Å². The minimum atomic E-state index is -0.0421. The van der Waals surface area contributed by atoms with Crippen molar-refractivity contribution in [3.8, 4) is 23.0 Å². The number of hydrogen-bond acceptors (Lipinski definition) is 8. The van der Waals surface area contributed by atoms with Crippen molar-refractivity contribution in [2.45, 2.75) is 38.3 Å². The molecule has 2 unspecified atom stereocenters. The van der Waals surface area contributed by atoms with Gasteiger partial charge in [0.1, 0.15) is 5.69 Å². The molecule has 1 aliphatic heterocycles. The Morgan fingerprint density at radius 1 is 1.25 bits per heavy atom. The molecule has 3 aromatic rings. The summed E-state index contributed by atoms with van der Waals surface area (Å²) in [4.78, 5) is 23.9. The molecular weight excluding hydrogens is 406 g/mol. The van der Waals surface area contributed by atoms with Crippen molar-refractivity contribution in [2.24, 2.45) is 11.7 Å². The number of carbonyl (C=O) groups excluding carboxylic acids is 1. The fraction of sp³-hybridized carbons (Fsp3) is 0.435. The first-order chi connectivity index (χ1) is 15.5. The van der Waals surface area contributed by atoms with Crippen LogP contribution in [0, 0.1) is 12.8 Å². The normalized spacial score (nSPS) is 22.3. The summed E-state index contributed by atoms with van der Waals surface area (Å²) in [5.74, 6) is 0.981. The summed E-state index contributed by atoms with van der Waals surface area (Å²) in [5.41, 5.74) is 10.0. The lowest BCUT2D eigenvalue weighted by atomic mass is 10.1. The van der Waals surface area contributed by atoms with Crippen LogP contribution in [0.3, 0.4) is 0 Å². The fourth-order valence-electron chi connectivity index (χ4n) is 4.27. The van der Waals surface area contributed by atoms with Crippen LogP contribution in [0.5, 0.6) is 0 Å². The van der Waals surface area contributed by atoms with Gasteiger partial charge in [0.2, 0.25) is 11.8 Å². The maximum absolute atomic E-state index is 12.8. The standard InChI is InChI=1S/C23H27N7O2/c1-13-20(22-29-28-21(32-22)15-5-3-14(4-6-15)10-25-2)27-19(11-26-13)17-9-18(17)23(31)30-8-7-16(24)12-30/h3-6,11,16-18,25H,7-10,12,24H2,1-2H3/t16-,17?,18?/m0/s1. The topological polar surface area (TPSA) is 123 Å². The van der Waals surface area contributed by atoms with Crippen molar-refractivity contribution in [2.75, 3.05) is 20.1 Å². The molecular formula is C23H27N7O2. The highest BCUT2D eigenvalue weighted by molar-refractivity contribution is 5.83. The quantitative estimate of drug-likeness (QED) is 0.604. The number of hydrogen-bond donors (Lipinski definition) is 2. The molecule has 2 aliphatic rings. The monoisotopic (exact) mass is 433 g/mol. The molecule has 1 saturated heterocycles. The van der Waals surface area contributed by atoms with E-state index in [0.29, 0.717) is 29.7 Å². The number of nitrogens with two attached hydrogens (primary N) is 1. The Morgan fingerprint density at radius 2 is 2.03 bits per heavy atom. The van der Waals surface area contributed by atoms with Crippen LogP contribution < -0.4 is 11.1 Å². The smallest absolute Gasteiger partial charge is 0.268 e. The maximum atomic E-state index is 12.8. The van der Waals surface area contributed by atoms with Crippen LogP contribution in [-0.4, -0.2) is 57.2 Å². The summed E-state index contributed by atoms with van der Waals surface area (Å²) < 4.78 is 5.93. The number of aromatic nitrogens is 4. The molecule has 0 spiro atoms. The lowest BCUT2D eigenvalue weighted by Crippen LogP contribution is -2.33. The third-order valence-corrected chi connectivity index (χ3v) is 6.21. The van der Waals surface area contributed by atoms with Crippen LogP contribution in [0.25, 0.3) is 23.0 Å². The SMILES string of the molecule is CNCc1ccc(-c2nnc(-c3nc(C4CC4C(=O)N4CC[C@H](N)C4)cnc3C)o2)cc1. The fourth-order valence-corrected chi connectivity index (χ4v) is 4.27. The number of aryl methyl sites for hydroxylation is 1. The summed E-state index contributed by atoms with van der Waals surface area (Å²) in [6.07, 6.45) is 3.41. The molecule has 9 heteroatoms. The Labute approximate surface area is 186 Å². The minimum Gasteiger partial charge on any atom is -0.415 e. The van der Waals surface area contributed by atoms with E-state index in [1.807, 2.05) is 43.1 Å². The number of likely N-dealkylation sites (tertiary alicyclic amines) is 1. The van der Waals surface area contributed by atoms with Crippen LogP contribution in [0.4, 0.5) is 0 Å². The average Bonchev–Trinajstić information content (AvgIpc) is 3.22. The van der Waals surface area contributed by atoms with Gasteiger partial charge in [0, 0.05) is 49.3 Å². The Hall–Kier alpha value is -3.17. The highest BCUT2D eigenvalue weighted by Gasteiger charge is 2.47. The molecule has 2 fully saturated rings. The van der Waals surface area contributed by atoms with Crippen molar-refractivity contribution >= 4 is 5.91 Å². The van der Waals surface area contributed by atoms with Gasteiger partial charge in [0.25, 0.3) is 5.89 Å². The van der Waals surface area contributed by atoms with Gasteiger partial charge in [-0.05, 0) is 44.5 Å². The first-order valence-corrected chi connectivity index (χ1v) is 11.0. The number of amides is 1. The van der Waals surface area contributed by atoms with Crippen LogP contribution in [0.1, 0.15) is 35.7 Å². The number of nitrogens with zero attached hydrogens (tertiary/aromatic N) is 5. The van der Waals surface area contributed by atoms with Crippen LogP contribution in [0.15, 0.2) is 34.9 Å². The molecule has 3 heterocycles. The zero-order valence-corrected chi connectivity index (χ0v) is 18.3. The van der Waals surface area contributed by atoms with E-state index in [1.54, 1.807) is 6.20 Å². The second kappa shape index (κ2) is 8.40. The van der Waals surface area contributed by atoms with Gasteiger partial charge in [-0.3, -0.25) is 9.78 Å². The molecule has 1 saturated carbocycles. The van der Waals surface area contributed by atoms with E-state index < -0.39 is 0 Å². The summed E-state index contributed by atoms with van der Waals surface area (Å²) in [6, 6.07) is 8.07. The van der Waals surface area contributed by atoms with E-state index >= 15 is 0 Å². The molecule has 9 nitrogen and oxygen atoms in total. The van der Waals surface area contributed by atoms with Crippen molar-refractivity contribution in [1.29, 1.82) is 0 Å². The van der Waals surface area contributed by atoms with Crippen molar-refractivity contribution in [3.63, 3.8) is 0 Å². The highest BCUT2D eigenvalue weighted by Crippen LogP contribution is 2.48. The molecule has 1 aromatic carbocycles. The Balaban J connectivity index is 1.33. The maximum Gasteiger partial charge on any atom is 0.268 e. The second-order valence-electron chi connectivity index (χ2n) is 8.65. The molecule has 2 aromatic heterocycles. The average molecular weight is 434 g/mol. The summed E-state index contributed by atoms with van der Waals surface area (Å²) in [7, 11) is 1.91. The molecule has 166 valence electrons. The van der Waals surface area contributed by atoms with Gasteiger partial charge in [0.05, 0.1) is 11.4 Å². The van der Waals surface area contributed by atoms with Gasteiger partial charge in [-0.15, -0.1) is 10.2 Å². The lowest BCUT2D eigenvalue weighted by molar-refractivity contribution is -0.131. The van der Waals surface area contributed by atoms with Crippen molar-refractivity contribution < 1.29 is 9.21 Å². The van der Waals surface area contributed by atoms with Crippen LogP contribution in [0.2, 0.25) is 0 Å². The Morgan fingerprint density at radius 3 is 2.75 bits per heavy atom. The first-order valence-electron chi connectivity index (χ1n) is 11.0. The number of rotatable bonds is 6. The van der Waals surface area contributed by atoms with Crippen molar-refractivity contribution in [3.05, 3.63) is 47.4 Å².